The molecular weight excluding hydrogens is 358 g/mol. The largest absolute Gasteiger partial charge is 0.354 e. The standard InChI is InChI=1S/C17H20BrN3O2/c1-12(2)9-10-19-16(22)11-21-17(23)8-7-15(20-21)13-3-5-14(18)6-4-13/h3-8,12H,9-11H2,1-2H3,(H,19,22). The second-order valence-corrected chi connectivity index (χ2v) is 6.67. The Morgan fingerprint density at radius 2 is 1.91 bits per heavy atom. The van der Waals surface area contributed by atoms with Crippen LogP contribution in [0.3, 0.4) is 0 Å². The van der Waals surface area contributed by atoms with Gasteiger partial charge in [0, 0.05) is 22.6 Å². The van der Waals surface area contributed by atoms with Gasteiger partial charge in [0.05, 0.1) is 5.69 Å². The van der Waals surface area contributed by atoms with Crippen molar-refractivity contribution in [3.05, 3.63) is 51.2 Å². The molecule has 2 aromatic rings. The van der Waals surface area contributed by atoms with Crippen LogP contribution < -0.4 is 10.9 Å². The number of carbonyl (C=O) groups is 1. The Labute approximate surface area is 143 Å². The van der Waals surface area contributed by atoms with Gasteiger partial charge in [0.15, 0.2) is 0 Å². The predicted octanol–water partition coefficient (Wildman–Crippen LogP) is 2.84. The Hall–Kier alpha value is -1.95. The van der Waals surface area contributed by atoms with Gasteiger partial charge >= 0.3 is 0 Å². The topological polar surface area (TPSA) is 64.0 Å². The van der Waals surface area contributed by atoms with Crippen molar-refractivity contribution in [3.63, 3.8) is 0 Å². The van der Waals surface area contributed by atoms with Crippen molar-refractivity contribution < 1.29 is 4.79 Å². The monoisotopic (exact) mass is 377 g/mol. The molecule has 6 heteroatoms. The van der Waals surface area contributed by atoms with Crippen LogP contribution in [0.25, 0.3) is 11.3 Å². The second kappa shape index (κ2) is 8.06. The lowest BCUT2D eigenvalue weighted by Crippen LogP contribution is -2.34. The van der Waals surface area contributed by atoms with Crippen molar-refractivity contribution >= 4 is 21.8 Å². The fraction of sp³-hybridized carbons (Fsp3) is 0.353. The van der Waals surface area contributed by atoms with E-state index < -0.39 is 0 Å². The Bertz CT molecular complexity index is 723. The maximum atomic E-state index is 11.9. The van der Waals surface area contributed by atoms with Crippen molar-refractivity contribution in [1.29, 1.82) is 0 Å². The summed E-state index contributed by atoms with van der Waals surface area (Å²) in [5, 5.41) is 7.09. The SMILES string of the molecule is CC(C)CCNC(=O)Cn1nc(-c2ccc(Br)cc2)ccc1=O. The first-order valence-electron chi connectivity index (χ1n) is 7.56. The minimum absolute atomic E-state index is 0.0682. The van der Waals surface area contributed by atoms with E-state index >= 15 is 0 Å². The number of benzene rings is 1. The Balaban J connectivity index is 2.10. The lowest BCUT2D eigenvalue weighted by molar-refractivity contribution is -0.121. The minimum Gasteiger partial charge on any atom is -0.354 e. The number of rotatable bonds is 6. The molecule has 0 aliphatic carbocycles. The summed E-state index contributed by atoms with van der Waals surface area (Å²) in [4.78, 5) is 23.8. The van der Waals surface area contributed by atoms with Gasteiger partial charge in [-0.15, -0.1) is 0 Å². The minimum atomic E-state index is -0.287. The third-order valence-corrected chi connectivity index (χ3v) is 3.87. The molecule has 0 aliphatic heterocycles. The highest BCUT2D eigenvalue weighted by Crippen LogP contribution is 2.18. The molecule has 1 aromatic carbocycles. The van der Waals surface area contributed by atoms with Gasteiger partial charge in [0.1, 0.15) is 6.54 Å². The van der Waals surface area contributed by atoms with Gasteiger partial charge in [-0.1, -0.05) is 41.9 Å². The Morgan fingerprint density at radius 1 is 1.22 bits per heavy atom. The lowest BCUT2D eigenvalue weighted by atomic mass is 10.1. The maximum absolute atomic E-state index is 11.9. The van der Waals surface area contributed by atoms with Crippen LogP contribution in [0, 0.1) is 5.92 Å². The zero-order valence-electron chi connectivity index (χ0n) is 13.3. The molecule has 0 bridgehead atoms. The first kappa shape index (κ1) is 17.4. The highest BCUT2D eigenvalue weighted by atomic mass is 79.9. The summed E-state index contributed by atoms with van der Waals surface area (Å²) in [6.07, 6.45) is 0.910. The van der Waals surface area contributed by atoms with Gasteiger partial charge < -0.3 is 5.32 Å². The van der Waals surface area contributed by atoms with E-state index in [1.165, 1.54) is 10.7 Å². The summed E-state index contributed by atoms with van der Waals surface area (Å²) < 4.78 is 2.17. The molecular formula is C17H20BrN3O2. The third kappa shape index (κ3) is 5.32. The molecule has 23 heavy (non-hydrogen) atoms. The molecule has 0 radical (unpaired) electrons. The predicted molar refractivity (Wildman–Crippen MR) is 94.1 cm³/mol. The molecule has 1 N–H and O–H groups in total. The van der Waals surface area contributed by atoms with E-state index in [-0.39, 0.29) is 18.0 Å². The maximum Gasteiger partial charge on any atom is 0.267 e. The number of hydrogen-bond donors (Lipinski definition) is 1. The number of nitrogens with zero attached hydrogens (tertiary/aromatic N) is 2. The van der Waals surface area contributed by atoms with Gasteiger partial charge in [0.25, 0.3) is 5.56 Å². The molecule has 0 unspecified atom stereocenters. The number of nitrogens with one attached hydrogen (secondary N) is 1. The van der Waals surface area contributed by atoms with E-state index in [0.29, 0.717) is 18.2 Å². The molecule has 0 fully saturated rings. The van der Waals surface area contributed by atoms with Gasteiger partial charge in [0.2, 0.25) is 5.91 Å². The number of amides is 1. The number of hydrogen-bond acceptors (Lipinski definition) is 3. The molecule has 1 heterocycles. The number of aromatic nitrogens is 2. The summed E-state index contributed by atoms with van der Waals surface area (Å²) in [7, 11) is 0. The number of halogens is 1. The van der Waals surface area contributed by atoms with Crippen molar-refractivity contribution in [2.45, 2.75) is 26.8 Å². The molecule has 0 aliphatic rings. The molecule has 1 aromatic heterocycles. The van der Waals surface area contributed by atoms with Gasteiger partial charge in [-0.05, 0) is 30.5 Å². The Kier molecular flexibility index (Phi) is 6.10. The van der Waals surface area contributed by atoms with Crippen LogP contribution in [0.5, 0.6) is 0 Å². The lowest BCUT2D eigenvalue weighted by Gasteiger charge is -2.09. The van der Waals surface area contributed by atoms with Crippen molar-refractivity contribution in [1.82, 2.24) is 15.1 Å². The fourth-order valence-corrected chi connectivity index (χ4v) is 2.29. The Morgan fingerprint density at radius 3 is 2.57 bits per heavy atom. The quantitative estimate of drug-likeness (QED) is 0.841. The van der Waals surface area contributed by atoms with Crippen molar-refractivity contribution in [3.8, 4) is 11.3 Å². The average molecular weight is 378 g/mol. The molecule has 0 atom stereocenters. The number of carbonyl (C=O) groups excluding carboxylic acids is 1. The van der Waals surface area contributed by atoms with Crippen LogP contribution >= 0.6 is 15.9 Å². The normalized spacial score (nSPS) is 10.8. The molecule has 2 rings (SSSR count). The zero-order chi connectivity index (χ0) is 16.8. The van der Waals surface area contributed by atoms with Crippen LogP contribution in [0.15, 0.2) is 45.7 Å². The summed E-state index contributed by atoms with van der Waals surface area (Å²) in [5.41, 5.74) is 1.26. The smallest absolute Gasteiger partial charge is 0.267 e. The molecule has 0 saturated carbocycles. The highest BCUT2D eigenvalue weighted by Gasteiger charge is 2.08. The molecule has 122 valence electrons. The van der Waals surface area contributed by atoms with Gasteiger partial charge in [-0.2, -0.15) is 5.10 Å². The summed E-state index contributed by atoms with van der Waals surface area (Å²) in [6, 6.07) is 10.7. The fourth-order valence-electron chi connectivity index (χ4n) is 2.03. The van der Waals surface area contributed by atoms with Gasteiger partial charge in [-0.25, -0.2) is 4.68 Å². The summed E-state index contributed by atoms with van der Waals surface area (Å²) in [6.45, 7) is 4.73. The van der Waals surface area contributed by atoms with E-state index in [4.69, 9.17) is 0 Å². The van der Waals surface area contributed by atoms with Crippen molar-refractivity contribution in [2.24, 2.45) is 5.92 Å². The van der Waals surface area contributed by atoms with Crippen LogP contribution in [0.4, 0.5) is 0 Å². The zero-order valence-corrected chi connectivity index (χ0v) is 14.8. The van der Waals surface area contributed by atoms with Crippen LogP contribution in [-0.4, -0.2) is 22.2 Å². The first-order chi connectivity index (χ1) is 11.0. The molecule has 5 nitrogen and oxygen atoms in total. The van der Waals surface area contributed by atoms with Crippen LogP contribution in [-0.2, 0) is 11.3 Å². The van der Waals surface area contributed by atoms with Gasteiger partial charge in [-0.3, -0.25) is 9.59 Å². The van der Waals surface area contributed by atoms with E-state index in [0.717, 1.165) is 16.5 Å². The molecule has 1 amide bonds. The van der Waals surface area contributed by atoms with E-state index in [1.807, 2.05) is 24.3 Å². The second-order valence-electron chi connectivity index (χ2n) is 5.75. The van der Waals surface area contributed by atoms with Crippen LogP contribution in [0.1, 0.15) is 20.3 Å². The van der Waals surface area contributed by atoms with Crippen LogP contribution in [0.2, 0.25) is 0 Å². The van der Waals surface area contributed by atoms with E-state index in [9.17, 15) is 9.59 Å². The third-order valence-electron chi connectivity index (χ3n) is 3.34. The molecule has 0 saturated heterocycles. The van der Waals surface area contributed by atoms with E-state index in [2.05, 4.69) is 40.2 Å². The summed E-state index contributed by atoms with van der Waals surface area (Å²) >= 11 is 3.38. The highest BCUT2D eigenvalue weighted by molar-refractivity contribution is 9.10. The molecule has 0 spiro atoms. The first-order valence-corrected chi connectivity index (χ1v) is 8.36. The summed E-state index contributed by atoms with van der Waals surface area (Å²) in [5.74, 6) is 0.324. The van der Waals surface area contributed by atoms with E-state index in [1.54, 1.807) is 6.07 Å². The van der Waals surface area contributed by atoms with Crippen molar-refractivity contribution in [2.75, 3.05) is 6.54 Å². The average Bonchev–Trinajstić information content (AvgIpc) is 2.50.